The molecule has 1 aromatic carbocycles. The summed E-state index contributed by atoms with van der Waals surface area (Å²) >= 11 is 23.1. The van der Waals surface area contributed by atoms with Crippen LogP contribution in [0.3, 0.4) is 0 Å². The number of nitrogens with one attached hydrogen (secondary N) is 2. The second-order valence-electron chi connectivity index (χ2n) is 6.40. The number of benzene rings is 1. The van der Waals surface area contributed by atoms with Crippen molar-refractivity contribution in [1.82, 2.24) is 15.1 Å². The fourth-order valence-corrected chi connectivity index (χ4v) is 3.80. The first-order valence-corrected chi connectivity index (χ1v) is 10.0. The minimum absolute atomic E-state index is 0.0545. The Morgan fingerprint density at radius 1 is 1.25 bits per heavy atom. The Labute approximate surface area is 180 Å². The van der Waals surface area contributed by atoms with E-state index in [9.17, 15) is 13.2 Å². The van der Waals surface area contributed by atoms with E-state index in [2.05, 4.69) is 15.7 Å². The average Bonchev–Trinajstić information content (AvgIpc) is 3.37. The molecule has 0 radical (unpaired) electrons. The van der Waals surface area contributed by atoms with Crippen LogP contribution >= 0.6 is 47.0 Å². The Kier molecular flexibility index (Phi) is 6.64. The summed E-state index contributed by atoms with van der Waals surface area (Å²) < 4.78 is 40.6. The van der Waals surface area contributed by atoms with E-state index in [-0.39, 0.29) is 10.9 Å². The van der Waals surface area contributed by atoms with Gasteiger partial charge in [0.05, 0.1) is 21.4 Å². The van der Waals surface area contributed by atoms with Gasteiger partial charge in [-0.15, -0.1) is 0 Å². The van der Waals surface area contributed by atoms with E-state index < -0.39 is 11.9 Å². The van der Waals surface area contributed by atoms with Gasteiger partial charge in [-0.05, 0) is 49.7 Å². The first kappa shape index (κ1) is 21.5. The van der Waals surface area contributed by atoms with E-state index in [1.54, 1.807) is 18.2 Å². The second-order valence-corrected chi connectivity index (χ2v) is 8.03. The smallest absolute Gasteiger partial charge is 0.362 e. The lowest BCUT2D eigenvalue weighted by Crippen LogP contribution is -2.30. The summed E-state index contributed by atoms with van der Waals surface area (Å²) in [5.74, 6) is 0.0545. The maximum absolute atomic E-state index is 13.1. The van der Waals surface area contributed by atoms with Crippen LogP contribution in [0.4, 0.5) is 18.9 Å². The molecule has 1 aliphatic carbocycles. The van der Waals surface area contributed by atoms with Gasteiger partial charge in [0.2, 0.25) is 0 Å². The van der Waals surface area contributed by atoms with E-state index in [4.69, 9.17) is 47.0 Å². The van der Waals surface area contributed by atoms with E-state index in [1.165, 1.54) is 4.68 Å². The molecule has 0 amide bonds. The molecule has 0 saturated heterocycles. The molecule has 11 heteroatoms. The van der Waals surface area contributed by atoms with Crippen LogP contribution in [-0.2, 0) is 12.7 Å². The van der Waals surface area contributed by atoms with Crippen LogP contribution < -0.4 is 10.6 Å². The van der Waals surface area contributed by atoms with Crippen molar-refractivity contribution in [1.29, 1.82) is 0 Å². The van der Waals surface area contributed by atoms with Crippen LogP contribution in [-0.4, -0.2) is 21.4 Å². The van der Waals surface area contributed by atoms with Gasteiger partial charge in [-0.25, -0.2) is 0 Å². The summed E-state index contributed by atoms with van der Waals surface area (Å²) in [5, 5.41) is 10.6. The van der Waals surface area contributed by atoms with Crippen LogP contribution in [0.2, 0.25) is 15.1 Å². The lowest BCUT2D eigenvalue weighted by Gasteiger charge is -2.12. The molecule has 28 heavy (non-hydrogen) atoms. The molecule has 1 fully saturated rings. The van der Waals surface area contributed by atoms with Gasteiger partial charge in [0.15, 0.2) is 10.8 Å². The zero-order valence-corrected chi connectivity index (χ0v) is 17.5. The molecule has 1 aromatic heterocycles. The molecule has 0 spiro atoms. The highest BCUT2D eigenvalue weighted by molar-refractivity contribution is 7.80. The monoisotopic (exact) mass is 470 g/mol. The summed E-state index contributed by atoms with van der Waals surface area (Å²) in [5.41, 5.74) is 0.0643. The molecule has 152 valence electrons. The van der Waals surface area contributed by atoms with Crippen molar-refractivity contribution in [3.8, 4) is 0 Å². The van der Waals surface area contributed by atoms with Gasteiger partial charge in [0, 0.05) is 24.0 Å². The molecule has 0 aliphatic heterocycles. The maximum Gasteiger partial charge on any atom is 0.436 e. The Balaban J connectivity index is 1.54. The number of halogens is 6. The molecule has 1 saturated carbocycles. The number of alkyl halides is 3. The summed E-state index contributed by atoms with van der Waals surface area (Å²) in [7, 11) is 0. The number of thiocarbonyl (C=S) groups is 1. The number of nitrogens with zero attached hydrogens (tertiary/aromatic N) is 2. The van der Waals surface area contributed by atoms with Gasteiger partial charge < -0.3 is 10.6 Å². The molecule has 4 nitrogen and oxygen atoms in total. The van der Waals surface area contributed by atoms with Crippen molar-refractivity contribution in [2.24, 2.45) is 0 Å². The van der Waals surface area contributed by atoms with Crippen molar-refractivity contribution >= 4 is 57.8 Å². The average molecular weight is 472 g/mol. The molecule has 2 N–H and O–H groups in total. The highest BCUT2D eigenvalue weighted by Gasteiger charge is 2.41. The highest BCUT2D eigenvalue weighted by Crippen LogP contribution is 2.46. The number of rotatable bonds is 6. The molecule has 1 heterocycles. The number of anilines is 1. The van der Waals surface area contributed by atoms with Gasteiger partial charge in [-0.3, -0.25) is 4.68 Å². The summed E-state index contributed by atoms with van der Waals surface area (Å²) in [6.45, 7) is 0.749. The van der Waals surface area contributed by atoms with Crippen LogP contribution in [0.5, 0.6) is 0 Å². The van der Waals surface area contributed by atoms with Crippen LogP contribution in [0.1, 0.15) is 36.6 Å². The maximum atomic E-state index is 13.1. The lowest BCUT2D eigenvalue weighted by atomic mass is 10.2. The lowest BCUT2D eigenvalue weighted by molar-refractivity contribution is -0.141. The fourth-order valence-electron chi connectivity index (χ4n) is 2.74. The summed E-state index contributed by atoms with van der Waals surface area (Å²) in [4.78, 5) is 0. The van der Waals surface area contributed by atoms with Crippen molar-refractivity contribution in [2.75, 3.05) is 11.9 Å². The van der Waals surface area contributed by atoms with Crippen molar-refractivity contribution in [3.63, 3.8) is 0 Å². The quantitative estimate of drug-likeness (QED) is 0.394. The predicted molar refractivity (Wildman–Crippen MR) is 110 cm³/mol. The predicted octanol–water partition coefficient (Wildman–Crippen LogP) is 6.12. The van der Waals surface area contributed by atoms with Crippen molar-refractivity contribution in [3.05, 3.63) is 44.7 Å². The molecule has 2 aromatic rings. The molecular formula is C17H16Cl3F3N4S. The largest absolute Gasteiger partial charge is 0.436 e. The molecule has 3 rings (SSSR count). The number of aromatic nitrogens is 2. The Morgan fingerprint density at radius 3 is 2.57 bits per heavy atom. The normalized spacial score (nSPS) is 14.2. The van der Waals surface area contributed by atoms with Gasteiger partial charge in [0.1, 0.15) is 0 Å². The molecule has 1 aliphatic rings. The van der Waals surface area contributed by atoms with Gasteiger partial charge in [-0.1, -0.05) is 34.8 Å². The van der Waals surface area contributed by atoms with Crippen LogP contribution in [0.25, 0.3) is 0 Å². The number of hydrogen-bond acceptors (Lipinski definition) is 2. The van der Waals surface area contributed by atoms with Crippen molar-refractivity contribution < 1.29 is 13.2 Å². The second kappa shape index (κ2) is 8.65. The standard InChI is InChI=1S/C17H16Cl3F3N4S/c18-10-4-5-12(11(19)8-10)25-16(28)24-6-1-7-27-14(9-2-3-9)13(20)15(26-27)17(21,22)23/h4-5,8-9H,1-3,6-7H2,(H2,24,25,28). The third-order valence-corrected chi connectivity index (χ3v) is 5.34. The third kappa shape index (κ3) is 5.23. The molecular weight excluding hydrogens is 456 g/mol. The van der Waals surface area contributed by atoms with E-state index in [0.29, 0.717) is 46.0 Å². The van der Waals surface area contributed by atoms with Crippen LogP contribution in [0.15, 0.2) is 18.2 Å². The van der Waals surface area contributed by atoms with Gasteiger partial charge in [0.25, 0.3) is 0 Å². The van der Waals surface area contributed by atoms with Crippen molar-refractivity contribution in [2.45, 2.75) is 37.9 Å². The molecule has 0 bridgehead atoms. The van der Waals surface area contributed by atoms with E-state index >= 15 is 0 Å². The Bertz CT molecular complexity index is 881. The zero-order valence-electron chi connectivity index (χ0n) is 14.4. The first-order valence-electron chi connectivity index (χ1n) is 8.50. The fraction of sp³-hybridized carbons (Fsp3) is 0.412. The first-order chi connectivity index (χ1) is 13.2. The molecule has 0 unspecified atom stereocenters. The highest BCUT2D eigenvalue weighted by atomic mass is 35.5. The number of hydrogen-bond donors (Lipinski definition) is 2. The molecule has 0 atom stereocenters. The van der Waals surface area contributed by atoms with Crippen LogP contribution in [0, 0.1) is 0 Å². The van der Waals surface area contributed by atoms with Gasteiger partial charge in [-0.2, -0.15) is 18.3 Å². The summed E-state index contributed by atoms with van der Waals surface area (Å²) in [6.07, 6.45) is -2.38. The minimum atomic E-state index is -4.56. The topological polar surface area (TPSA) is 41.9 Å². The van der Waals surface area contributed by atoms with E-state index in [0.717, 1.165) is 12.8 Å². The van der Waals surface area contributed by atoms with Gasteiger partial charge >= 0.3 is 6.18 Å². The SMILES string of the molecule is FC(F)(F)c1nn(CCCNC(=S)Nc2ccc(Cl)cc2Cl)c(C2CC2)c1Cl. The summed E-state index contributed by atoms with van der Waals surface area (Å²) in [6, 6.07) is 4.97. The third-order valence-electron chi connectivity index (χ3n) is 4.18. The van der Waals surface area contributed by atoms with E-state index in [1.807, 2.05) is 0 Å². The minimum Gasteiger partial charge on any atom is -0.362 e. The Morgan fingerprint density at radius 2 is 1.96 bits per heavy atom. The number of aryl methyl sites for hydroxylation is 1. The zero-order chi connectivity index (χ0) is 20.5. The Hall–Kier alpha value is -1.22.